The molecule has 0 saturated carbocycles. The molecule has 1 unspecified atom stereocenters. The first-order valence-corrected chi connectivity index (χ1v) is 5.28. The molecule has 0 aromatic rings. The molecule has 0 heterocycles. The molecular weight excluding hydrogens is 280 g/mol. The molecule has 0 aliphatic heterocycles. The van der Waals surface area contributed by atoms with Crippen molar-refractivity contribution in [3.63, 3.8) is 0 Å². The van der Waals surface area contributed by atoms with Crippen molar-refractivity contribution in [1.29, 1.82) is 0 Å². The number of rotatable bonds is 7. The first-order valence-electron chi connectivity index (χ1n) is 5.28. The highest BCUT2D eigenvalue weighted by Crippen LogP contribution is 1.94. The van der Waals surface area contributed by atoms with E-state index in [9.17, 15) is 4.79 Å². The Kier molecular flexibility index (Phi) is 18.1. The predicted molar refractivity (Wildman–Crippen MR) is 72.9 cm³/mol. The van der Waals surface area contributed by atoms with E-state index in [-0.39, 0.29) is 31.6 Å². The number of carboxylic acids is 1. The lowest BCUT2D eigenvalue weighted by Gasteiger charge is -2.03. The van der Waals surface area contributed by atoms with Gasteiger partial charge < -0.3 is 37.6 Å². The first-order chi connectivity index (χ1) is 8.34. The summed E-state index contributed by atoms with van der Waals surface area (Å²) in [6.07, 6.45) is 0.00213. The highest BCUT2D eigenvalue weighted by molar-refractivity contribution is 5.85. The summed E-state index contributed by atoms with van der Waals surface area (Å²) in [5.41, 5.74) is 15.3. The summed E-state index contributed by atoms with van der Waals surface area (Å²) in [6, 6.07) is -0.820. The van der Waals surface area contributed by atoms with Gasteiger partial charge in [0.25, 0.3) is 0 Å². The van der Waals surface area contributed by atoms with E-state index >= 15 is 0 Å². The van der Waals surface area contributed by atoms with E-state index in [4.69, 9.17) is 37.6 Å². The molecule has 0 aliphatic carbocycles. The highest BCUT2D eigenvalue weighted by atomic mass is 35.5. The molecule has 0 aliphatic rings. The number of hydrogen-bond donors (Lipinski definition) is 7. The number of aliphatic hydroxyl groups is 3. The molecule has 0 radical (unpaired) electrons. The number of carbonyl (C=O) groups is 1. The normalized spacial score (nSPS) is 10.8. The predicted octanol–water partition coefficient (Wildman–Crippen LogP) is -2.79. The molecule has 10 N–H and O–H groups in total. The molecule has 9 nitrogen and oxygen atoms in total. The second kappa shape index (κ2) is 14.9. The maximum Gasteiger partial charge on any atom is 0.320 e. The third-order valence-corrected chi connectivity index (χ3v) is 1.71. The zero-order chi connectivity index (χ0) is 14.6. The van der Waals surface area contributed by atoms with Gasteiger partial charge in [-0.05, 0) is 12.8 Å². The van der Waals surface area contributed by atoms with Gasteiger partial charge in [-0.15, -0.1) is 12.4 Å². The molecule has 0 saturated heterocycles. The van der Waals surface area contributed by atoms with Crippen LogP contribution in [0.2, 0.25) is 0 Å². The Morgan fingerprint density at radius 1 is 1.21 bits per heavy atom. The summed E-state index contributed by atoms with van der Waals surface area (Å²) in [7, 11) is 0. The lowest BCUT2D eigenvalue weighted by atomic mass is 10.2. The van der Waals surface area contributed by atoms with E-state index < -0.39 is 18.1 Å². The van der Waals surface area contributed by atoms with Crippen LogP contribution in [-0.4, -0.2) is 64.3 Å². The Morgan fingerprint density at radius 3 is 1.95 bits per heavy atom. The summed E-state index contributed by atoms with van der Waals surface area (Å²) in [6.45, 7) is -0.309. The van der Waals surface area contributed by atoms with Crippen LogP contribution in [0.5, 0.6) is 0 Å². The average Bonchev–Trinajstić information content (AvgIpc) is 2.33. The molecular formula is C9H23ClN4O5. The fourth-order valence-electron chi connectivity index (χ4n) is 0.701. The summed E-state index contributed by atoms with van der Waals surface area (Å²) in [4.78, 5) is 13.9. The van der Waals surface area contributed by atoms with Crippen LogP contribution in [0.4, 0.5) is 0 Å². The SMILES string of the molecule is Cl.NC(N)=NCCCC(N)C(=O)O.OCC(O)CO. The zero-order valence-corrected chi connectivity index (χ0v) is 11.3. The number of aliphatic imine (C=N–C) groups is 1. The third kappa shape index (κ3) is 19.4. The van der Waals surface area contributed by atoms with Crippen molar-refractivity contribution in [2.75, 3.05) is 19.8 Å². The minimum absolute atomic E-state index is 0. The van der Waals surface area contributed by atoms with Gasteiger partial charge in [-0.25, -0.2) is 0 Å². The minimum atomic E-state index is -1.00. The van der Waals surface area contributed by atoms with Crippen molar-refractivity contribution in [3.05, 3.63) is 0 Å². The Morgan fingerprint density at radius 2 is 1.68 bits per heavy atom. The molecule has 1 atom stereocenters. The summed E-state index contributed by atoms with van der Waals surface area (Å²) in [5.74, 6) is -0.987. The fraction of sp³-hybridized carbons (Fsp3) is 0.778. The van der Waals surface area contributed by atoms with Crippen LogP contribution in [0.3, 0.4) is 0 Å². The van der Waals surface area contributed by atoms with E-state index in [0.717, 1.165) is 0 Å². The van der Waals surface area contributed by atoms with Crippen LogP contribution in [0.1, 0.15) is 12.8 Å². The fourth-order valence-corrected chi connectivity index (χ4v) is 0.701. The Hall–Kier alpha value is -1.13. The highest BCUT2D eigenvalue weighted by Gasteiger charge is 2.09. The number of halogens is 1. The quantitative estimate of drug-likeness (QED) is 0.149. The summed E-state index contributed by atoms with van der Waals surface area (Å²) < 4.78 is 0. The number of guanidine groups is 1. The number of hydrogen-bond acceptors (Lipinski definition) is 6. The van der Waals surface area contributed by atoms with Crippen LogP contribution in [-0.2, 0) is 4.79 Å². The van der Waals surface area contributed by atoms with Gasteiger partial charge in [-0.2, -0.15) is 0 Å². The number of aliphatic carboxylic acids is 1. The van der Waals surface area contributed by atoms with Crippen LogP contribution in [0, 0.1) is 0 Å². The van der Waals surface area contributed by atoms with Gasteiger partial charge in [0.2, 0.25) is 0 Å². The Balaban J connectivity index is -0.000000313. The van der Waals surface area contributed by atoms with Gasteiger partial charge in [0.05, 0.1) is 13.2 Å². The van der Waals surface area contributed by atoms with Gasteiger partial charge >= 0.3 is 5.97 Å². The Bertz CT molecular complexity index is 247. The van der Waals surface area contributed by atoms with Gasteiger partial charge in [0, 0.05) is 6.54 Å². The number of nitrogens with two attached hydrogens (primary N) is 3. The molecule has 0 amide bonds. The smallest absolute Gasteiger partial charge is 0.320 e. The van der Waals surface area contributed by atoms with E-state index in [2.05, 4.69) is 4.99 Å². The Labute approximate surface area is 117 Å². The van der Waals surface area contributed by atoms with E-state index in [0.29, 0.717) is 19.4 Å². The second-order valence-electron chi connectivity index (χ2n) is 3.41. The molecule has 0 bridgehead atoms. The average molecular weight is 303 g/mol. The first kappa shape index (κ1) is 23.0. The molecule has 116 valence electrons. The number of carboxylic acid groups (broad SMARTS) is 1. The van der Waals surface area contributed by atoms with Gasteiger partial charge in [-0.1, -0.05) is 0 Å². The van der Waals surface area contributed by atoms with Gasteiger partial charge in [0.15, 0.2) is 5.96 Å². The topological polar surface area (TPSA) is 188 Å². The van der Waals surface area contributed by atoms with Crippen molar-refractivity contribution < 1.29 is 25.2 Å². The lowest BCUT2D eigenvalue weighted by molar-refractivity contribution is -0.138. The van der Waals surface area contributed by atoms with Gasteiger partial charge in [-0.3, -0.25) is 9.79 Å². The monoisotopic (exact) mass is 302 g/mol. The van der Waals surface area contributed by atoms with Crippen molar-refractivity contribution in [1.82, 2.24) is 0 Å². The lowest BCUT2D eigenvalue weighted by Crippen LogP contribution is -2.30. The van der Waals surface area contributed by atoms with Crippen molar-refractivity contribution in [2.45, 2.75) is 25.0 Å². The van der Waals surface area contributed by atoms with Crippen molar-refractivity contribution in [2.24, 2.45) is 22.2 Å². The molecule has 0 rings (SSSR count). The largest absolute Gasteiger partial charge is 0.480 e. The number of aliphatic hydroxyl groups excluding tert-OH is 3. The van der Waals surface area contributed by atoms with E-state index in [1.54, 1.807) is 0 Å². The zero-order valence-electron chi connectivity index (χ0n) is 10.5. The maximum atomic E-state index is 10.2. The summed E-state index contributed by atoms with van der Waals surface area (Å²) >= 11 is 0. The summed E-state index contributed by atoms with van der Waals surface area (Å²) in [5, 5.41) is 32.4. The molecule has 0 aromatic heterocycles. The van der Waals surface area contributed by atoms with Crippen LogP contribution >= 0.6 is 12.4 Å². The second-order valence-corrected chi connectivity index (χ2v) is 3.41. The van der Waals surface area contributed by atoms with Gasteiger partial charge in [0.1, 0.15) is 12.1 Å². The van der Waals surface area contributed by atoms with Crippen molar-refractivity contribution >= 4 is 24.3 Å². The molecule has 0 aromatic carbocycles. The standard InChI is InChI=1S/C6H14N4O2.C3H8O3.ClH/c7-4(5(11)12)2-1-3-10-6(8)9;4-1-3(6)2-5;/h4H,1-3,7H2,(H,11,12)(H4,8,9,10);3-6H,1-2H2;1H. The maximum absolute atomic E-state index is 10.2. The van der Waals surface area contributed by atoms with Crippen molar-refractivity contribution in [3.8, 4) is 0 Å². The van der Waals surface area contributed by atoms with E-state index in [1.807, 2.05) is 0 Å². The molecule has 0 fully saturated rings. The third-order valence-electron chi connectivity index (χ3n) is 1.71. The minimum Gasteiger partial charge on any atom is -0.480 e. The number of nitrogens with zero attached hydrogens (tertiary/aromatic N) is 1. The van der Waals surface area contributed by atoms with E-state index in [1.165, 1.54) is 0 Å². The van der Waals surface area contributed by atoms with Crippen LogP contribution < -0.4 is 17.2 Å². The molecule has 10 heteroatoms. The molecule has 0 spiro atoms. The molecule has 19 heavy (non-hydrogen) atoms. The van der Waals surface area contributed by atoms with Crippen LogP contribution in [0.15, 0.2) is 4.99 Å². The van der Waals surface area contributed by atoms with Crippen LogP contribution in [0.25, 0.3) is 0 Å².